The predicted octanol–water partition coefficient (Wildman–Crippen LogP) is 3.54. The van der Waals surface area contributed by atoms with E-state index < -0.39 is 9.84 Å². The van der Waals surface area contributed by atoms with Crippen molar-refractivity contribution in [1.82, 2.24) is 20.3 Å². The Morgan fingerprint density at radius 3 is 2.66 bits per heavy atom. The number of hydrogen-bond acceptors (Lipinski definition) is 9. The van der Waals surface area contributed by atoms with Gasteiger partial charge in [0, 0.05) is 30.2 Å². The van der Waals surface area contributed by atoms with Crippen LogP contribution in [-0.4, -0.2) is 66.9 Å². The van der Waals surface area contributed by atoms with Gasteiger partial charge in [-0.25, -0.2) is 18.4 Å². The van der Waals surface area contributed by atoms with Crippen molar-refractivity contribution in [3.05, 3.63) is 77.6 Å². The molecule has 1 N–H and O–H groups in total. The molecule has 0 bridgehead atoms. The Morgan fingerprint density at radius 2 is 1.83 bits per heavy atom. The van der Waals surface area contributed by atoms with Crippen LogP contribution >= 0.6 is 0 Å². The molecule has 1 aromatic carbocycles. The minimum absolute atomic E-state index is 0.105. The zero-order valence-corrected chi connectivity index (χ0v) is 23.7. The van der Waals surface area contributed by atoms with Gasteiger partial charge in [0.2, 0.25) is 0 Å². The van der Waals surface area contributed by atoms with Crippen LogP contribution in [0, 0.1) is 0 Å². The highest BCUT2D eigenvalue weighted by atomic mass is 32.2. The third kappa shape index (κ3) is 5.92. The molecule has 1 fully saturated rings. The molecule has 0 saturated carbocycles. The molecule has 2 aliphatic rings. The molecule has 6 rings (SSSR count). The zero-order valence-electron chi connectivity index (χ0n) is 22.9. The molecule has 0 aliphatic carbocycles. The van der Waals surface area contributed by atoms with Crippen LogP contribution in [0.3, 0.4) is 0 Å². The first kappa shape index (κ1) is 27.3. The molecule has 2 aliphatic heterocycles. The van der Waals surface area contributed by atoms with E-state index in [-0.39, 0.29) is 54.1 Å². The molecule has 2 atom stereocenters. The summed E-state index contributed by atoms with van der Waals surface area (Å²) in [5, 5.41) is 3.71. The number of ether oxygens (including phenoxy) is 2. The minimum atomic E-state index is -3.51. The molecule has 10 nitrogen and oxygen atoms in total. The number of nitrogens with zero attached hydrogens (tertiary/aromatic N) is 4. The van der Waals surface area contributed by atoms with Gasteiger partial charge in [0.1, 0.15) is 5.82 Å². The molecule has 4 aromatic rings. The summed E-state index contributed by atoms with van der Waals surface area (Å²) in [5.74, 6) is 0.402. The van der Waals surface area contributed by atoms with Gasteiger partial charge in [-0.2, -0.15) is 0 Å². The second-order valence-corrected chi connectivity index (χ2v) is 12.6. The van der Waals surface area contributed by atoms with Crippen LogP contribution in [-0.2, 0) is 32.5 Å². The number of nitrogens with one attached hydrogen (secondary N) is 1. The summed E-state index contributed by atoms with van der Waals surface area (Å²) in [7, 11) is -3.51. The lowest BCUT2D eigenvalue weighted by Crippen LogP contribution is -2.45. The number of anilines is 1. The Balaban J connectivity index is 1.19. The van der Waals surface area contributed by atoms with Gasteiger partial charge in [-0.3, -0.25) is 9.78 Å². The number of morpholine rings is 1. The SMILES string of the molecule is C[C@H]1CN(c2cccc(-c3ccc4cnc(CNC(=O)c5ccc6c(c5)S(=O)(=O)CCOC6)cc4n3)n2)C[C@H](C)O1. The quantitative estimate of drug-likeness (QED) is 0.382. The lowest BCUT2D eigenvalue weighted by molar-refractivity contribution is -0.00545. The fourth-order valence-corrected chi connectivity index (χ4v) is 6.63. The number of carbonyl (C=O) groups is 1. The third-order valence-electron chi connectivity index (χ3n) is 7.22. The largest absolute Gasteiger partial charge is 0.376 e. The lowest BCUT2D eigenvalue weighted by Gasteiger charge is -2.36. The molecule has 11 heteroatoms. The summed E-state index contributed by atoms with van der Waals surface area (Å²) in [6.45, 7) is 6.20. The van der Waals surface area contributed by atoms with Crippen LogP contribution < -0.4 is 10.2 Å². The number of hydrogen-bond donors (Lipinski definition) is 1. The standard InChI is InChI=1S/C30H31N5O5S/c1-19-16-35(17-20(2)40-19)29-5-3-4-25(34-29)26-9-8-22-14-31-24(13-27(22)33-26)15-32-30(36)21-6-7-23-18-39-10-11-41(37,38)28(23)12-21/h3-9,12-14,19-20H,10-11,15-18H2,1-2H3,(H,32,36)/t19-,20-/m0/s1. The monoisotopic (exact) mass is 573 g/mol. The summed E-state index contributed by atoms with van der Waals surface area (Å²) in [5.41, 5.74) is 3.70. The predicted molar refractivity (Wildman–Crippen MR) is 154 cm³/mol. The van der Waals surface area contributed by atoms with Gasteiger partial charge in [0.25, 0.3) is 5.91 Å². The molecule has 212 valence electrons. The smallest absolute Gasteiger partial charge is 0.251 e. The van der Waals surface area contributed by atoms with E-state index in [4.69, 9.17) is 19.4 Å². The maximum atomic E-state index is 12.9. The van der Waals surface area contributed by atoms with E-state index in [0.29, 0.717) is 11.3 Å². The molecule has 3 aromatic heterocycles. The van der Waals surface area contributed by atoms with Crippen LogP contribution in [0.5, 0.6) is 0 Å². The zero-order chi connectivity index (χ0) is 28.6. The van der Waals surface area contributed by atoms with Crippen molar-refractivity contribution >= 4 is 32.5 Å². The highest BCUT2D eigenvalue weighted by molar-refractivity contribution is 7.91. The van der Waals surface area contributed by atoms with Crippen molar-refractivity contribution in [2.75, 3.05) is 30.3 Å². The Labute approximate surface area is 238 Å². The van der Waals surface area contributed by atoms with Crippen molar-refractivity contribution in [3.63, 3.8) is 0 Å². The summed E-state index contributed by atoms with van der Waals surface area (Å²) < 4.78 is 36.4. The number of aromatic nitrogens is 3. The van der Waals surface area contributed by atoms with Crippen molar-refractivity contribution in [2.45, 2.75) is 44.1 Å². The second kappa shape index (κ2) is 11.2. The maximum absolute atomic E-state index is 12.9. The average Bonchev–Trinajstić information content (AvgIpc) is 3.12. The van der Waals surface area contributed by atoms with Gasteiger partial charge in [-0.05, 0) is 61.9 Å². The number of amides is 1. The van der Waals surface area contributed by atoms with E-state index in [1.807, 2.05) is 36.4 Å². The van der Waals surface area contributed by atoms with Gasteiger partial charge in [0.05, 0.1) is 65.2 Å². The first-order valence-electron chi connectivity index (χ1n) is 13.6. The van der Waals surface area contributed by atoms with E-state index in [0.717, 1.165) is 41.2 Å². The van der Waals surface area contributed by atoms with Crippen molar-refractivity contribution in [3.8, 4) is 11.4 Å². The lowest BCUT2D eigenvalue weighted by atomic mass is 10.1. The Kier molecular flexibility index (Phi) is 7.41. The number of carbonyl (C=O) groups excluding carboxylic acids is 1. The highest BCUT2D eigenvalue weighted by Gasteiger charge is 2.25. The van der Waals surface area contributed by atoms with E-state index in [9.17, 15) is 13.2 Å². The molecule has 0 radical (unpaired) electrons. The van der Waals surface area contributed by atoms with Crippen molar-refractivity contribution < 1.29 is 22.7 Å². The Bertz CT molecular complexity index is 1720. The topological polar surface area (TPSA) is 124 Å². The van der Waals surface area contributed by atoms with Gasteiger partial charge in [0.15, 0.2) is 9.84 Å². The average molecular weight is 574 g/mol. The Hall–Kier alpha value is -3.93. The minimum Gasteiger partial charge on any atom is -0.376 e. The van der Waals surface area contributed by atoms with Crippen molar-refractivity contribution in [2.24, 2.45) is 0 Å². The molecular formula is C30H31N5O5S. The van der Waals surface area contributed by atoms with E-state index >= 15 is 0 Å². The maximum Gasteiger partial charge on any atom is 0.251 e. The van der Waals surface area contributed by atoms with Gasteiger partial charge >= 0.3 is 0 Å². The molecule has 0 unspecified atom stereocenters. The fourth-order valence-electron chi connectivity index (χ4n) is 5.24. The number of rotatable bonds is 5. The van der Waals surface area contributed by atoms with Gasteiger partial charge in [-0.1, -0.05) is 12.1 Å². The molecule has 5 heterocycles. The summed E-state index contributed by atoms with van der Waals surface area (Å²) >= 11 is 0. The molecule has 1 amide bonds. The molecule has 1 saturated heterocycles. The highest BCUT2D eigenvalue weighted by Crippen LogP contribution is 2.25. The van der Waals surface area contributed by atoms with E-state index in [2.05, 4.69) is 29.0 Å². The van der Waals surface area contributed by atoms with E-state index in [1.165, 1.54) is 6.07 Å². The van der Waals surface area contributed by atoms with Crippen LogP contribution in [0.4, 0.5) is 5.82 Å². The van der Waals surface area contributed by atoms with Gasteiger partial charge < -0.3 is 19.7 Å². The number of fused-ring (bicyclic) bond motifs is 2. The van der Waals surface area contributed by atoms with E-state index in [1.54, 1.807) is 18.3 Å². The van der Waals surface area contributed by atoms with Crippen LogP contribution in [0.2, 0.25) is 0 Å². The fraction of sp³-hybridized carbons (Fsp3) is 0.333. The van der Waals surface area contributed by atoms with Crippen molar-refractivity contribution in [1.29, 1.82) is 0 Å². The number of pyridine rings is 3. The normalized spacial score (nSPS) is 20.3. The first-order valence-corrected chi connectivity index (χ1v) is 15.3. The Morgan fingerprint density at radius 1 is 1.02 bits per heavy atom. The number of sulfone groups is 1. The molecular weight excluding hydrogens is 542 g/mol. The molecule has 0 spiro atoms. The van der Waals surface area contributed by atoms with Crippen LogP contribution in [0.15, 0.2) is 65.7 Å². The second-order valence-electron chi connectivity index (χ2n) is 10.5. The summed E-state index contributed by atoms with van der Waals surface area (Å²) in [6.07, 6.45) is 1.99. The van der Waals surface area contributed by atoms with Gasteiger partial charge in [-0.15, -0.1) is 0 Å². The van der Waals surface area contributed by atoms with Crippen LogP contribution in [0.1, 0.15) is 35.5 Å². The first-order chi connectivity index (χ1) is 19.7. The number of benzene rings is 1. The third-order valence-corrected chi connectivity index (χ3v) is 8.97. The molecule has 41 heavy (non-hydrogen) atoms. The van der Waals surface area contributed by atoms with Crippen LogP contribution in [0.25, 0.3) is 22.3 Å². The summed E-state index contributed by atoms with van der Waals surface area (Å²) in [4.78, 5) is 29.5. The summed E-state index contributed by atoms with van der Waals surface area (Å²) in [6, 6.07) is 16.3.